The van der Waals surface area contributed by atoms with Gasteiger partial charge in [-0.2, -0.15) is 0 Å². The number of ether oxygens (including phenoxy) is 1. The molecule has 8 heteroatoms. The van der Waals surface area contributed by atoms with Crippen LogP contribution in [0.2, 0.25) is 0 Å². The van der Waals surface area contributed by atoms with Gasteiger partial charge >= 0.3 is 0 Å². The van der Waals surface area contributed by atoms with Crippen molar-refractivity contribution in [3.8, 4) is 5.75 Å². The number of amides is 2. The standard InChI is InChI=1S/C17H17N3O4S/c1-23-11-5-2-7-13-15(11)20-17(25-13)19-14(21)8-3-9-18-16(22)12-6-4-10-24-12/h2,4-7,10H,3,8-9H2,1H3,(H,18,22)(H,19,20,21). The van der Waals surface area contributed by atoms with Gasteiger partial charge in [0.1, 0.15) is 11.3 Å². The molecule has 25 heavy (non-hydrogen) atoms. The number of aromatic nitrogens is 1. The van der Waals surface area contributed by atoms with Crippen molar-refractivity contribution >= 4 is 38.5 Å². The first-order chi connectivity index (χ1) is 12.2. The number of carbonyl (C=O) groups excluding carboxylic acids is 2. The van der Waals surface area contributed by atoms with Gasteiger partial charge in [-0.3, -0.25) is 9.59 Å². The van der Waals surface area contributed by atoms with E-state index in [0.29, 0.717) is 23.8 Å². The summed E-state index contributed by atoms with van der Waals surface area (Å²) in [4.78, 5) is 28.1. The van der Waals surface area contributed by atoms with Gasteiger partial charge < -0.3 is 19.8 Å². The summed E-state index contributed by atoms with van der Waals surface area (Å²) in [5.41, 5.74) is 0.732. The van der Waals surface area contributed by atoms with Crippen molar-refractivity contribution in [1.82, 2.24) is 10.3 Å². The van der Waals surface area contributed by atoms with Gasteiger partial charge in [0.25, 0.3) is 5.91 Å². The Hall–Kier alpha value is -2.87. The first-order valence-corrected chi connectivity index (χ1v) is 8.54. The van der Waals surface area contributed by atoms with Gasteiger partial charge in [0.05, 0.1) is 18.1 Å². The number of carbonyl (C=O) groups is 2. The van der Waals surface area contributed by atoms with Gasteiger partial charge in [0, 0.05) is 13.0 Å². The van der Waals surface area contributed by atoms with Crippen LogP contribution >= 0.6 is 11.3 Å². The summed E-state index contributed by atoms with van der Waals surface area (Å²) >= 11 is 1.39. The van der Waals surface area contributed by atoms with E-state index in [4.69, 9.17) is 9.15 Å². The molecule has 0 saturated carbocycles. The average Bonchev–Trinajstić information content (AvgIpc) is 3.27. The molecule has 0 fully saturated rings. The van der Waals surface area contributed by atoms with Gasteiger partial charge in [-0.15, -0.1) is 0 Å². The third-order valence-corrected chi connectivity index (χ3v) is 4.40. The number of hydrogen-bond donors (Lipinski definition) is 2. The van der Waals surface area contributed by atoms with Crippen LogP contribution in [0, 0.1) is 0 Å². The van der Waals surface area contributed by atoms with Gasteiger partial charge in [0.2, 0.25) is 5.91 Å². The summed E-state index contributed by atoms with van der Waals surface area (Å²) in [6.07, 6.45) is 2.24. The summed E-state index contributed by atoms with van der Waals surface area (Å²) in [6.45, 7) is 0.390. The monoisotopic (exact) mass is 359 g/mol. The van der Waals surface area contributed by atoms with Crippen molar-refractivity contribution in [3.63, 3.8) is 0 Å². The zero-order valence-electron chi connectivity index (χ0n) is 13.6. The number of rotatable bonds is 7. The molecule has 0 spiro atoms. The van der Waals surface area contributed by atoms with E-state index in [2.05, 4.69) is 15.6 Å². The Morgan fingerprint density at radius 2 is 2.16 bits per heavy atom. The maximum absolute atomic E-state index is 12.0. The highest BCUT2D eigenvalue weighted by Crippen LogP contribution is 2.32. The number of para-hydroxylation sites is 1. The van der Waals surface area contributed by atoms with Gasteiger partial charge in [-0.05, 0) is 30.7 Å². The molecule has 3 aromatic rings. The van der Waals surface area contributed by atoms with Crippen molar-refractivity contribution in [2.75, 3.05) is 19.0 Å². The summed E-state index contributed by atoms with van der Waals surface area (Å²) in [6, 6.07) is 8.87. The predicted octanol–water partition coefficient (Wildman–Crippen LogP) is 3.05. The van der Waals surface area contributed by atoms with E-state index < -0.39 is 0 Å². The number of hydrogen-bond acceptors (Lipinski definition) is 6. The molecule has 1 aromatic carbocycles. The van der Waals surface area contributed by atoms with Gasteiger partial charge in [0.15, 0.2) is 10.9 Å². The molecular weight excluding hydrogens is 342 g/mol. The molecule has 0 radical (unpaired) electrons. The van der Waals surface area contributed by atoms with Crippen LogP contribution in [0.3, 0.4) is 0 Å². The fourth-order valence-corrected chi connectivity index (χ4v) is 3.17. The number of methoxy groups -OCH3 is 1. The van der Waals surface area contributed by atoms with Crippen LogP contribution in [0.4, 0.5) is 5.13 Å². The lowest BCUT2D eigenvalue weighted by molar-refractivity contribution is -0.116. The molecule has 0 aliphatic heterocycles. The minimum absolute atomic E-state index is 0.148. The Morgan fingerprint density at radius 1 is 1.28 bits per heavy atom. The zero-order chi connectivity index (χ0) is 17.6. The normalized spacial score (nSPS) is 10.6. The Kier molecular flexibility index (Phi) is 5.30. The topological polar surface area (TPSA) is 93.5 Å². The summed E-state index contributed by atoms with van der Waals surface area (Å²) in [5, 5.41) is 6.01. The summed E-state index contributed by atoms with van der Waals surface area (Å²) in [5.74, 6) is 0.497. The molecule has 2 N–H and O–H groups in total. The fraction of sp³-hybridized carbons (Fsp3) is 0.235. The van der Waals surface area contributed by atoms with E-state index in [1.54, 1.807) is 19.2 Å². The summed E-state index contributed by atoms with van der Waals surface area (Å²) in [7, 11) is 1.59. The van der Waals surface area contributed by atoms with Gasteiger partial charge in [-0.25, -0.2) is 4.98 Å². The first kappa shape index (κ1) is 17.0. The fourth-order valence-electron chi connectivity index (χ4n) is 2.27. The third-order valence-electron chi connectivity index (χ3n) is 3.46. The molecule has 2 heterocycles. The van der Waals surface area contributed by atoms with Crippen molar-refractivity contribution in [1.29, 1.82) is 0 Å². The van der Waals surface area contributed by atoms with E-state index in [9.17, 15) is 9.59 Å². The smallest absolute Gasteiger partial charge is 0.286 e. The van der Waals surface area contributed by atoms with E-state index in [1.165, 1.54) is 17.6 Å². The number of anilines is 1. The van der Waals surface area contributed by atoms with Gasteiger partial charge in [-0.1, -0.05) is 17.4 Å². The Morgan fingerprint density at radius 3 is 2.92 bits per heavy atom. The molecule has 0 bridgehead atoms. The van der Waals surface area contributed by atoms with Crippen molar-refractivity contribution in [2.45, 2.75) is 12.8 Å². The Labute approximate surface area is 148 Å². The minimum atomic E-state index is -0.288. The number of nitrogens with zero attached hydrogens (tertiary/aromatic N) is 1. The lowest BCUT2D eigenvalue weighted by Crippen LogP contribution is -2.25. The van der Waals surface area contributed by atoms with Crippen LogP contribution in [0.5, 0.6) is 5.75 Å². The number of nitrogens with one attached hydrogen (secondary N) is 2. The molecule has 7 nitrogen and oxygen atoms in total. The van der Waals surface area contributed by atoms with E-state index >= 15 is 0 Å². The largest absolute Gasteiger partial charge is 0.494 e. The second kappa shape index (κ2) is 7.80. The Balaban J connectivity index is 1.47. The van der Waals surface area contributed by atoms with Crippen LogP contribution in [0.15, 0.2) is 41.0 Å². The molecule has 0 unspecified atom stereocenters. The van der Waals surface area contributed by atoms with Crippen LogP contribution in [0.1, 0.15) is 23.4 Å². The zero-order valence-corrected chi connectivity index (χ0v) is 14.4. The minimum Gasteiger partial charge on any atom is -0.494 e. The molecule has 0 atom stereocenters. The summed E-state index contributed by atoms with van der Waals surface area (Å²) < 4.78 is 11.2. The molecule has 0 aliphatic rings. The molecule has 0 saturated heterocycles. The number of thiazole rings is 1. The van der Waals surface area contributed by atoms with Crippen molar-refractivity contribution in [3.05, 3.63) is 42.4 Å². The molecule has 2 amide bonds. The molecular formula is C17H17N3O4S. The van der Waals surface area contributed by atoms with E-state index in [0.717, 1.165) is 10.2 Å². The molecule has 0 aliphatic carbocycles. The van der Waals surface area contributed by atoms with Crippen LogP contribution in [0.25, 0.3) is 10.2 Å². The van der Waals surface area contributed by atoms with Crippen molar-refractivity contribution in [2.24, 2.45) is 0 Å². The lowest BCUT2D eigenvalue weighted by atomic mass is 10.3. The maximum Gasteiger partial charge on any atom is 0.286 e. The first-order valence-electron chi connectivity index (χ1n) is 7.72. The maximum atomic E-state index is 12.0. The van der Waals surface area contributed by atoms with E-state index in [1.807, 2.05) is 18.2 Å². The average molecular weight is 359 g/mol. The highest BCUT2D eigenvalue weighted by atomic mass is 32.1. The second-order valence-electron chi connectivity index (χ2n) is 5.21. The van der Waals surface area contributed by atoms with Crippen molar-refractivity contribution < 1.29 is 18.7 Å². The van der Waals surface area contributed by atoms with E-state index in [-0.39, 0.29) is 24.0 Å². The molecule has 3 rings (SSSR count). The Bertz CT molecular complexity index is 873. The highest BCUT2D eigenvalue weighted by Gasteiger charge is 2.11. The SMILES string of the molecule is COc1cccc2sc(NC(=O)CCCNC(=O)c3ccco3)nc12. The van der Waals surface area contributed by atoms with Crippen LogP contribution in [-0.2, 0) is 4.79 Å². The van der Waals surface area contributed by atoms with Crippen LogP contribution in [-0.4, -0.2) is 30.5 Å². The number of furan rings is 1. The number of fused-ring (bicyclic) bond motifs is 1. The lowest BCUT2D eigenvalue weighted by Gasteiger charge is -2.03. The van der Waals surface area contributed by atoms with Crippen LogP contribution < -0.4 is 15.4 Å². The second-order valence-corrected chi connectivity index (χ2v) is 6.24. The highest BCUT2D eigenvalue weighted by molar-refractivity contribution is 7.22. The predicted molar refractivity (Wildman–Crippen MR) is 95.1 cm³/mol. The number of benzene rings is 1. The molecule has 2 aromatic heterocycles. The third kappa shape index (κ3) is 4.16. The quantitative estimate of drug-likeness (QED) is 0.633. The molecule has 130 valence electrons.